The fourth-order valence-electron chi connectivity index (χ4n) is 1.03. The number of nitrogens with two attached hydrogens (primary N) is 1. The van der Waals surface area contributed by atoms with Gasteiger partial charge in [0.2, 0.25) is 11.8 Å². The Morgan fingerprint density at radius 3 is 1.94 bits per heavy atom. The largest absolute Gasteiger partial charge is 0.481 e. The molecule has 0 saturated heterocycles. The Morgan fingerprint density at radius 2 is 1.56 bits per heavy atom. The lowest BCUT2D eigenvalue weighted by molar-refractivity contribution is 0.397. The second-order valence-electron chi connectivity index (χ2n) is 3.15. The Kier molecular flexibility index (Phi) is 5.93. The molecule has 18 heavy (non-hydrogen) atoms. The summed E-state index contributed by atoms with van der Waals surface area (Å²) in [4.78, 5) is 7.76. The number of ether oxygens (including phenoxy) is 2. The number of halogens is 1. The zero-order valence-electron chi connectivity index (χ0n) is 10.1. The molecule has 0 atom stereocenters. The Labute approximate surface area is 114 Å². The predicted octanol–water partition coefficient (Wildman–Crippen LogP) is 2.53. The summed E-state index contributed by atoms with van der Waals surface area (Å²) in [6.45, 7) is 0. The van der Waals surface area contributed by atoms with Crippen LogP contribution in [-0.4, -0.2) is 24.2 Å². The van der Waals surface area contributed by atoms with Gasteiger partial charge in [-0.3, -0.25) is 0 Å². The molecule has 6 heteroatoms. The van der Waals surface area contributed by atoms with E-state index < -0.39 is 0 Å². The van der Waals surface area contributed by atoms with E-state index in [1.807, 2.05) is 6.07 Å². The van der Waals surface area contributed by atoms with Crippen molar-refractivity contribution < 1.29 is 9.47 Å². The van der Waals surface area contributed by atoms with Crippen molar-refractivity contribution in [3.05, 3.63) is 41.1 Å². The summed E-state index contributed by atoms with van der Waals surface area (Å²) in [7, 11) is 3.15. The van der Waals surface area contributed by atoms with Crippen LogP contribution in [0.4, 0.5) is 5.69 Å². The van der Waals surface area contributed by atoms with Crippen LogP contribution in [0, 0.1) is 0 Å². The number of nitrogens with zero attached hydrogens (tertiary/aromatic N) is 2. The van der Waals surface area contributed by atoms with Crippen LogP contribution in [0.25, 0.3) is 0 Å². The second kappa shape index (κ2) is 7.50. The third-order valence-electron chi connectivity index (χ3n) is 1.87. The van der Waals surface area contributed by atoms with Crippen molar-refractivity contribution in [3.63, 3.8) is 0 Å². The van der Waals surface area contributed by atoms with E-state index in [1.165, 1.54) is 0 Å². The topological polar surface area (TPSA) is 70.3 Å². The average molecular weight is 312 g/mol. The number of anilines is 1. The van der Waals surface area contributed by atoms with Crippen molar-refractivity contribution in [2.45, 2.75) is 0 Å². The highest BCUT2D eigenvalue weighted by atomic mass is 79.9. The zero-order chi connectivity index (χ0) is 13.4. The van der Waals surface area contributed by atoms with E-state index in [1.54, 1.807) is 44.8 Å². The third-order valence-corrected chi connectivity index (χ3v) is 2.37. The van der Waals surface area contributed by atoms with E-state index >= 15 is 0 Å². The van der Waals surface area contributed by atoms with Gasteiger partial charge in [-0.2, -0.15) is 0 Å². The van der Waals surface area contributed by atoms with Gasteiger partial charge in [-0.15, -0.1) is 0 Å². The summed E-state index contributed by atoms with van der Waals surface area (Å²) in [6, 6.07) is 7.03. The van der Waals surface area contributed by atoms with Gasteiger partial charge in [0.15, 0.2) is 0 Å². The predicted molar refractivity (Wildman–Crippen MR) is 73.7 cm³/mol. The maximum Gasteiger partial charge on any atom is 0.214 e. The Hall–Kier alpha value is -1.82. The Morgan fingerprint density at radius 1 is 1.00 bits per heavy atom. The molecule has 96 valence electrons. The standard InChI is InChI=1S/C6H6BrNO.C6H8N2O/c2*1-9-6-4-5(7)2-3-8-6/h2-4H,1H3;2-4H,1H3,(H2,7,8). The molecule has 0 bridgehead atoms. The molecule has 0 aromatic carbocycles. The summed E-state index contributed by atoms with van der Waals surface area (Å²) in [5.74, 6) is 1.18. The SMILES string of the molecule is COc1cc(Br)ccn1.COc1cc(N)ccn1. The monoisotopic (exact) mass is 311 g/mol. The number of pyridine rings is 2. The van der Waals surface area contributed by atoms with Crippen LogP contribution in [0.5, 0.6) is 11.8 Å². The molecule has 0 aliphatic heterocycles. The van der Waals surface area contributed by atoms with Crippen LogP contribution in [0.2, 0.25) is 0 Å². The van der Waals surface area contributed by atoms with Gasteiger partial charge in [-0.25, -0.2) is 9.97 Å². The minimum atomic E-state index is 0.551. The lowest BCUT2D eigenvalue weighted by Crippen LogP contribution is -1.89. The molecule has 0 aliphatic rings. The van der Waals surface area contributed by atoms with Gasteiger partial charge in [0, 0.05) is 34.7 Å². The van der Waals surface area contributed by atoms with Crippen LogP contribution in [0.15, 0.2) is 41.1 Å². The molecule has 2 N–H and O–H groups in total. The van der Waals surface area contributed by atoms with Gasteiger partial charge >= 0.3 is 0 Å². The van der Waals surface area contributed by atoms with Crippen molar-refractivity contribution >= 4 is 21.6 Å². The summed E-state index contributed by atoms with van der Waals surface area (Å²) in [5.41, 5.74) is 6.08. The molecule has 0 fully saturated rings. The first-order valence-corrected chi connectivity index (χ1v) is 5.86. The quantitative estimate of drug-likeness (QED) is 0.922. The number of rotatable bonds is 2. The Balaban J connectivity index is 0.000000180. The van der Waals surface area contributed by atoms with E-state index in [0.29, 0.717) is 17.4 Å². The minimum Gasteiger partial charge on any atom is -0.481 e. The van der Waals surface area contributed by atoms with Crippen molar-refractivity contribution in [2.75, 3.05) is 20.0 Å². The van der Waals surface area contributed by atoms with Crippen LogP contribution in [0.1, 0.15) is 0 Å². The lowest BCUT2D eigenvalue weighted by atomic mass is 10.4. The summed E-state index contributed by atoms with van der Waals surface area (Å²) in [5, 5.41) is 0. The normalized spacial score (nSPS) is 9.06. The van der Waals surface area contributed by atoms with Crippen LogP contribution in [0.3, 0.4) is 0 Å². The first kappa shape index (κ1) is 14.2. The highest BCUT2D eigenvalue weighted by Gasteiger charge is 1.90. The van der Waals surface area contributed by atoms with E-state index in [0.717, 1.165) is 4.47 Å². The van der Waals surface area contributed by atoms with Crippen molar-refractivity contribution in [1.82, 2.24) is 9.97 Å². The fraction of sp³-hybridized carbons (Fsp3) is 0.167. The highest BCUT2D eigenvalue weighted by Crippen LogP contribution is 2.13. The van der Waals surface area contributed by atoms with E-state index in [2.05, 4.69) is 25.9 Å². The molecule has 0 amide bonds. The van der Waals surface area contributed by atoms with Gasteiger partial charge in [0.25, 0.3) is 0 Å². The average Bonchev–Trinajstić information content (AvgIpc) is 2.39. The van der Waals surface area contributed by atoms with E-state index in [9.17, 15) is 0 Å². The van der Waals surface area contributed by atoms with Gasteiger partial charge in [0.1, 0.15) is 0 Å². The minimum absolute atomic E-state index is 0.551. The number of hydrogen-bond donors (Lipinski definition) is 1. The molecular weight excluding hydrogens is 298 g/mol. The van der Waals surface area contributed by atoms with E-state index in [4.69, 9.17) is 15.2 Å². The van der Waals surface area contributed by atoms with Crippen molar-refractivity contribution in [1.29, 1.82) is 0 Å². The summed E-state index contributed by atoms with van der Waals surface area (Å²) in [6.07, 6.45) is 3.29. The molecule has 2 rings (SSSR count). The van der Waals surface area contributed by atoms with E-state index in [-0.39, 0.29) is 0 Å². The molecule has 0 radical (unpaired) electrons. The lowest BCUT2D eigenvalue weighted by Gasteiger charge is -1.96. The number of methoxy groups -OCH3 is 2. The summed E-state index contributed by atoms with van der Waals surface area (Å²) < 4.78 is 10.6. The van der Waals surface area contributed by atoms with Gasteiger partial charge in [-0.1, -0.05) is 15.9 Å². The van der Waals surface area contributed by atoms with Crippen LogP contribution in [-0.2, 0) is 0 Å². The molecule has 0 aliphatic carbocycles. The molecule has 2 heterocycles. The number of nitrogen functional groups attached to an aromatic ring is 1. The Bertz CT molecular complexity index is 449. The summed E-state index contributed by atoms with van der Waals surface area (Å²) >= 11 is 3.28. The molecular formula is C12H14BrN3O2. The molecule has 0 unspecified atom stereocenters. The second-order valence-corrected chi connectivity index (χ2v) is 4.06. The molecule has 5 nitrogen and oxygen atoms in total. The van der Waals surface area contributed by atoms with Gasteiger partial charge < -0.3 is 15.2 Å². The van der Waals surface area contributed by atoms with Crippen molar-refractivity contribution in [2.24, 2.45) is 0 Å². The molecule has 0 saturated carbocycles. The van der Waals surface area contributed by atoms with Crippen LogP contribution < -0.4 is 15.2 Å². The van der Waals surface area contributed by atoms with Crippen LogP contribution >= 0.6 is 15.9 Å². The number of hydrogen-bond acceptors (Lipinski definition) is 5. The molecule has 2 aromatic rings. The third kappa shape index (κ3) is 5.01. The smallest absolute Gasteiger partial charge is 0.214 e. The maximum atomic E-state index is 5.41. The van der Waals surface area contributed by atoms with Crippen molar-refractivity contribution in [3.8, 4) is 11.8 Å². The first-order chi connectivity index (χ1) is 8.65. The van der Waals surface area contributed by atoms with Gasteiger partial charge in [0.05, 0.1) is 14.2 Å². The molecule has 2 aromatic heterocycles. The highest BCUT2D eigenvalue weighted by molar-refractivity contribution is 9.10. The number of aromatic nitrogens is 2. The maximum absolute atomic E-state index is 5.41. The zero-order valence-corrected chi connectivity index (χ0v) is 11.7. The fourth-order valence-corrected chi connectivity index (χ4v) is 1.35. The van der Waals surface area contributed by atoms with Gasteiger partial charge in [-0.05, 0) is 12.1 Å². The molecule has 0 spiro atoms. The first-order valence-electron chi connectivity index (χ1n) is 5.06.